The lowest BCUT2D eigenvalue weighted by atomic mass is 9.82. The van der Waals surface area contributed by atoms with Crippen LogP contribution in [0.4, 0.5) is 11.4 Å². The van der Waals surface area contributed by atoms with E-state index in [1.54, 1.807) is 48.7 Å². The van der Waals surface area contributed by atoms with E-state index in [9.17, 15) is 14.4 Å². The van der Waals surface area contributed by atoms with Crippen LogP contribution in [0.5, 0.6) is 0 Å². The molecule has 1 aromatic heterocycles. The molecule has 2 atom stereocenters. The molecule has 33 heavy (non-hydrogen) atoms. The van der Waals surface area contributed by atoms with E-state index in [1.807, 2.05) is 36.4 Å². The third kappa shape index (κ3) is 3.78. The number of hydrogen-bond acceptors (Lipinski definition) is 5. The van der Waals surface area contributed by atoms with Crippen LogP contribution in [-0.2, 0) is 14.3 Å². The molecule has 0 bridgehead atoms. The smallest absolute Gasteiger partial charge is 0.340 e. The number of anilines is 2. The van der Waals surface area contributed by atoms with Crippen LogP contribution >= 0.6 is 0 Å². The Morgan fingerprint density at radius 2 is 1.55 bits per heavy atom. The molecule has 2 heterocycles. The molecule has 1 fully saturated rings. The molecular weight excluding hydrogens is 418 g/mol. The normalized spacial score (nSPS) is 20.2. The molecule has 164 valence electrons. The standard InChI is InChI=1S/C26H21N3O4/c30-24-21-14-7-15-22(33-26(32)18-9-8-16-27-17-18)23(21)25(31)29(20-12-5-2-6-13-20)28(24)19-10-3-1-4-11-19/h1-6,8-14,16-17,22-23H,7,15H2. The lowest BCUT2D eigenvalue weighted by Crippen LogP contribution is -2.61. The average Bonchev–Trinajstić information content (AvgIpc) is 2.87. The van der Waals surface area contributed by atoms with Crippen molar-refractivity contribution in [1.82, 2.24) is 4.98 Å². The van der Waals surface area contributed by atoms with E-state index in [2.05, 4.69) is 4.98 Å². The van der Waals surface area contributed by atoms with E-state index in [1.165, 1.54) is 16.2 Å². The van der Waals surface area contributed by atoms with Crippen LogP contribution in [0.25, 0.3) is 0 Å². The molecule has 2 aromatic carbocycles. The third-order valence-corrected chi connectivity index (χ3v) is 5.79. The number of hydrogen-bond donors (Lipinski definition) is 0. The van der Waals surface area contributed by atoms with Gasteiger partial charge in [0.25, 0.3) is 11.8 Å². The van der Waals surface area contributed by atoms with Crippen LogP contribution in [0.3, 0.4) is 0 Å². The number of pyridine rings is 1. The lowest BCUT2D eigenvalue weighted by Gasteiger charge is -2.45. The number of ether oxygens (including phenoxy) is 1. The van der Waals surface area contributed by atoms with Crippen LogP contribution in [0.1, 0.15) is 23.2 Å². The Morgan fingerprint density at radius 1 is 0.879 bits per heavy atom. The average molecular weight is 439 g/mol. The first-order chi connectivity index (χ1) is 16.1. The van der Waals surface area contributed by atoms with E-state index in [4.69, 9.17) is 4.74 Å². The number of hydrazine groups is 1. The molecule has 7 nitrogen and oxygen atoms in total. The second-order valence-electron chi connectivity index (χ2n) is 7.84. The quantitative estimate of drug-likeness (QED) is 0.576. The summed E-state index contributed by atoms with van der Waals surface area (Å²) in [7, 11) is 0. The maximum Gasteiger partial charge on any atom is 0.340 e. The number of amides is 2. The van der Waals surface area contributed by atoms with Gasteiger partial charge >= 0.3 is 5.97 Å². The van der Waals surface area contributed by atoms with Gasteiger partial charge in [-0.15, -0.1) is 0 Å². The molecule has 7 heteroatoms. The second kappa shape index (κ2) is 8.70. The minimum Gasteiger partial charge on any atom is -0.458 e. The Bertz CT molecular complexity index is 1210. The zero-order valence-electron chi connectivity index (χ0n) is 17.7. The van der Waals surface area contributed by atoms with Crippen molar-refractivity contribution < 1.29 is 19.1 Å². The van der Waals surface area contributed by atoms with E-state index in [-0.39, 0.29) is 11.8 Å². The molecule has 1 aliphatic carbocycles. The number of benzene rings is 2. The first kappa shape index (κ1) is 20.6. The van der Waals surface area contributed by atoms with E-state index in [0.29, 0.717) is 35.4 Å². The maximum absolute atomic E-state index is 13.9. The van der Waals surface area contributed by atoms with Crippen LogP contribution in [0.15, 0.2) is 96.8 Å². The van der Waals surface area contributed by atoms with Gasteiger partial charge in [0, 0.05) is 18.0 Å². The monoisotopic (exact) mass is 439 g/mol. The van der Waals surface area contributed by atoms with Gasteiger partial charge in [0.15, 0.2) is 0 Å². The van der Waals surface area contributed by atoms with Gasteiger partial charge in [-0.1, -0.05) is 42.5 Å². The van der Waals surface area contributed by atoms with Gasteiger partial charge in [-0.3, -0.25) is 14.6 Å². The van der Waals surface area contributed by atoms with Crippen molar-refractivity contribution in [1.29, 1.82) is 0 Å². The largest absolute Gasteiger partial charge is 0.458 e. The summed E-state index contributed by atoms with van der Waals surface area (Å²) >= 11 is 0. The van der Waals surface area contributed by atoms with Crippen molar-refractivity contribution in [2.75, 3.05) is 10.0 Å². The molecule has 0 saturated carbocycles. The van der Waals surface area contributed by atoms with Crippen LogP contribution < -0.4 is 10.0 Å². The number of carbonyl (C=O) groups is 3. The highest BCUT2D eigenvalue weighted by molar-refractivity contribution is 6.20. The third-order valence-electron chi connectivity index (χ3n) is 5.79. The highest BCUT2D eigenvalue weighted by Gasteiger charge is 2.50. The molecule has 2 aliphatic rings. The minimum absolute atomic E-state index is 0.300. The Balaban J connectivity index is 1.54. The van der Waals surface area contributed by atoms with Crippen molar-refractivity contribution in [3.8, 4) is 0 Å². The second-order valence-corrected chi connectivity index (χ2v) is 7.84. The lowest BCUT2D eigenvalue weighted by molar-refractivity contribution is -0.132. The number of rotatable bonds is 4. The Kier molecular flexibility index (Phi) is 5.44. The van der Waals surface area contributed by atoms with Gasteiger partial charge in [-0.05, 0) is 49.2 Å². The fourth-order valence-electron chi connectivity index (χ4n) is 4.28. The van der Waals surface area contributed by atoms with Crippen molar-refractivity contribution in [2.24, 2.45) is 5.92 Å². The molecule has 2 unspecified atom stereocenters. The number of carbonyl (C=O) groups excluding carboxylic acids is 3. The summed E-state index contributed by atoms with van der Waals surface area (Å²) in [6, 6.07) is 21.3. The molecule has 1 saturated heterocycles. The summed E-state index contributed by atoms with van der Waals surface area (Å²) in [5.74, 6) is -2.07. The SMILES string of the molecule is O=C(OC1CCC=C2C(=O)N(c3ccccc3)N(c3ccccc3)C(=O)C21)c1cccnc1. The molecule has 0 N–H and O–H groups in total. The number of aromatic nitrogens is 1. The molecule has 3 aromatic rings. The maximum atomic E-state index is 13.9. The van der Waals surface area contributed by atoms with E-state index < -0.39 is 18.0 Å². The summed E-state index contributed by atoms with van der Waals surface area (Å²) in [5.41, 5.74) is 1.79. The minimum atomic E-state index is -0.882. The fraction of sp³-hybridized carbons (Fsp3) is 0.154. The molecule has 0 spiro atoms. The van der Waals surface area contributed by atoms with Crippen LogP contribution in [0, 0.1) is 5.92 Å². The van der Waals surface area contributed by atoms with Crippen molar-refractivity contribution >= 4 is 29.2 Å². The Hall–Kier alpha value is -4.26. The molecule has 5 rings (SSSR count). The van der Waals surface area contributed by atoms with Gasteiger partial charge in [-0.25, -0.2) is 14.8 Å². The Morgan fingerprint density at radius 3 is 2.18 bits per heavy atom. The molecule has 2 amide bonds. The van der Waals surface area contributed by atoms with Gasteiger partial charge < -0.3 is 4.74 Å². The zero-order chi connectivity index (χ0) is 22.8. The number of esters is 1. The van der Waals surface area contributed by atoms with Gasteiger partial charge in [-0.2, -0.15) is 0 Å². The predicted molar refractivity (Wildman–Crippen MR) is 122 cm³/mol. The first-order valence-corrected chi connectivity index (χ1v) is 10.7. The van der Waals surface area contributed by atoms with Crippen molar-refractivity contribution in [3.63, 3.8) is 0 Å². The highest BCUT2D eigenvalue weighted by atomic mass is 16.5. The van der Waals surface area contributed by atoms with Gasteiger partial charge in [0.05, 0.1) is 16.9 Å². The van der Waals surface area contributed by atoms with Crippen molar-refractivity contribution in [3.05, 3.63) is 102 Å². The van der Waals surface area contributed by atoms with Gasteiger partial charge in [0.2, 0.25) is 0 Å². The number of nitrogens with zero attached hydrogens (tertiary/aromatic N) is 3. The van der Waals surface area contributed by atoms with Crippen LogP contribution in [0.2, 0.25) is 0 Å². The Labute approximate surface area is 190 Å². The summed E-state index contributed by atoms with van der Waals surface area (Å²) in [6.07, 6.45) is 5.01. The van der Waals surface area contributed by atoms with E-state index in [0.717, 1.165) is 0 Å². The summed E-state index contributed by atoms with van der Waals surface area (Å²) in [6.45, 7) is 0. The van der Waals surface area contributed by atoms with E-state index >= 15 is 0 Å². The molecule has 1 aliphatic heterocycles. The first-order valence-electron chi connectivity index (χ1n) is 10.7. The zero-order valence-corrected chi connectivity index (χ0v) is 17.7. The molecule has 0 radical (unpaired) electrons. The van der Waals surface area contributed by atoms with Crippen LogP contribution in [-0.4, -0.2) is 28.9 Å². The predicted octanol–water partition coefficient (Wildman–Crippen LogP) is 3.94. The topological polar surface area (TPSA) is 79.8 Å². The molecular formula is C26H21N3O4. The fourth-order valence-corrected chi connectivity index (χ4v) is 4.28. The number of allylic oxidation sites excluding steroid dienone is 1. The number of fused-ring (bicyclic) bond motifs is 1. The van der Waals surface area contributed by atoms with Crippen molar-refractivity contribution in [2.45, 2.75) is 18.9 Å². The summed E-state index contributed by atoms with van der Waals surface area (Å²) < 4.78 is 5.75. The number of para-hydroxylation sites is 2. The van der Waals surface area contributed by atoms with Gasteiger partial charge in [0.1, 0.15) is 12.0 Å². The summed E-state index contributed by atoms with van der Waals surface area (Å²) in [4.78, 5) is 44.3. The summed E-state index contributed by atoms with van der Waals surface area (Å²) in [5, 5.41) is 2.78. The highest BCUT2D eigenvalue weighted by Crippen LogP contribution is 2.39.